The Morgan fingerprint density at radius 1 is 1.11 bits per heavy atom. The number of benzene rings is 2. The maximum atomic E-state index is 13.5. The van der Waals surface area contributed by atoms with E-state index in [4.69, 9.17) is 9.57 Å². The summed E-state index contributed by atoms with van der Waals surface area (Å²) in [4.78, 5) is 29.3. The zero-order valence-electron chi connectivity index (χ0n) is 25.4. The number of amides is 1. The molecule has 0 bridgehead atoms. The Balaban J connectivity index is 1.45. The number of alkyl halides is 3. The summed E-state index contributed by atoms with van der Waals surface area (Å²) in [7, 11) is -4.39. The fourth-order valence-electron chi connectivity index (χ4n) is 4.49. The predicted molar refractivity (Wildman–Crippen MR) is 156 cm³/mol. The van der Waals surface area contributed by atoms with Crippen molar-refractivity contribution in [2.24, 2.45) is 17.1 Å². The van der Waals surface area contributed by atoms with Crippen molar-refractivity contribution in [1.29, 1.82) is 0 Å². The molecule has 1 saturated heterocycles. The summed E-state index contributed by atoms with van der Waals surface area (Å²) in [6.45, 7) is 6.51. The molecule has 0 spiro atoms. The van der Waals surface area contributed by atoms with Gasteiger partial charge in [-0.15, -0.1) is 5.01 Å². The van der Waals surface area contributed by atoms with Crippen LogP contribution in [0.5, 0.6) is 0 Å². The molecule has 1 amide bonds. The second-order valence-electron chi connectivity index (χ2n) is 11.0. The number of hydrogen-bond donors (Lipinski definition) is 1. The van der Waals surface area contributed by atoms with E-state index in [0.29, 0.717) is 12.0 Å². The van der Waals surface area contributed by atoms with Gasteiger partial charge in [-0.1, -0.05) is 43.7 Å². The number of nitrogens with zero attached hydrogens (tertiary/aromatic N) is 5. The molecule has 1 aromatic heterocycles. The molecule has 2 atom stereocenters. The molecule has 0 aliphatic carbocycles. The second-order valence-corrected chi connectivity index (χ2v) is 12.7. The van der Waals surface area contributed by atoms with Crippen LogP contribution < -0.4 is 4.72 Å². The zero-order valence-corrected chi connectivity index (χ0v) is 26.2. The average Bonchev–Trinajstić information content (AvgIpc) is 3.46. The van der Waals surface area contributed by atoms with Crippen molar-refractivity contribution in [2.75, 3.05) is 13.1 Å². The number of esters is 1. The van der Waals surface area contributed by atoms with Crippen molar-refractivity contribution < 1.29 is 45.7 Å². The third-order valence-corrected chi connectivity index (χ3v) is 8.37. The first-order chi connectivity index (χ1) is 21.5. The SMILES string of the molecule is Cc1ccc(-c2cc(C(F)(F)F)nn2-c2ccc(S(=O)(=O)NC(=O)C3CCCN(/[N+]([O-])=N\OC(C)OC(=O)C(C)C)C3)cc2)cc1. The minimum absolute atomic E-state index is 0.108. The number of rotatable bonds is 10. The van der Waals surface area contributed by atoms with Crippen LogP contribution in [0.3, 0.4) is 0 Å². The third kappa shape index (κ3) is 8.32. The van der Waals surface area contributed by atoms with E-state index in [9.17, 15) is 36.4 Å². The van der Waals surface area contributed by atoms with Gasteiger partial charge < -0.3 is 9.94 Å². The number of carbonyl (C=O) groups is 2. The molecule has 13 nitrogen and oxygen atoms in total. The lowest BCUT2D eigenvalue weighted by Crippen LogP contribution is -2.46. The molecule has 2 heterocycles. The Morgan fingerprint density at radius 2 is 1.76 bits per heavy atom. The van der Waals surface area contributed by atoms with Crippen molar-refractivity contribution >= 4 is 21.9 Å². The molecular formula is C29H33F3N6O7S. The number of aryl methyl sites for hydroxylation is 1. The van der Waals surface area contributed by atoms with Crippen LogP contribution in [0.25, 0.3) is 16.9 Å². The van der Waals surface area contributed by atoms with Crippen LogP contribution in [0.4, 0.5) is 13.2 Å². The van der Waals surface area contributed by atoms with Gasteiger partial charge in [0.2, 0.25) is 11.2 Å². The van der Waals surface area contributed by atoms with E-state index >= 15 is 0 Å². The van der Waals surface area contributed by atoms with Gasteiger partial charge in [-0.2, -0.15) is 18.3 Å². The average molecular weight is 667 g/mol. The fourth-order valence-corrected chi connectivity index (χ4v) is 5.54. The molecule has 2 aromatic carbocycles. The van der Waals surface area contributed by atoms with Gasteiger partial charge >= 0.3 is 12.1 Å². The highest BCUT2D eigenvalue weighted by atomic mass is 32.2. The van der Waals surface area contributed by atoms with Crippen molar-refractivity contribution in [1.82, 2.24) is 19.5 Å². The molecule has 0 saturated carbocycles. The Morgan fingerprint density at radius 3 is 2.37 bits per heavy atom. The Bertz CT molecular complexity index is 1690. The number of nitrogens with one attached hydrogen (secondary N) is 1. The van der Waals surface area contributed by atoms with Crippen LogP contribution in [0, 0.1) is 24.0 Å². The quantitative estimate of drug-likeness (QED) is 0.106. The topological polar surface area (TPSA) is 158 Å². The maximum absolute atomic E-state index is 13.5. The molecule has 3 aromatic rings. The standard InChI is InChI=1S/C29H33F3N6O7S/c1-18(2)28(40)44-20(4)45-35-38(41)36-15-5-6-22(17-36)27(39)34-46(42,43)24-13-11-23(12-14-24)37-25(16-26(33-37)29(30,31)32)21-9-7-19(3)8-10-21/h7-14,16,18,20,22H,5-6,15,17H2,1-4H3,(H,34,39)/b38-35+. The normalized spacial score (nSPS) is 16.7. The molecule has 46 heavy (non-hydrogen) atoms. The fraction of sp³-hybridized carbons (Fsp3) is 0.414. The van der Waals surface area contributed by atoms with E-state index in [2.05, 4.69) is 10.4 Å². The third-order valence-electron chi connectivity index (χ3n) is 7.01. The molecule has 1 aliphatic heterocycles. The minimum Gasteiger partial charge on any atom is -0.569 e. The van der Waals surface area contributed by atoms with E-state index in [1.54, 1.807) is 38.1 Å². The second kappa shape index (κ2) is 13.8. The van der Waals surface area contributed by atoms with Gasteiger partial charge in [0.1, 0.15) is 0 Å². The van der Waals surface area contributed by atoms with E-state index in [1.165, 1.54) is 19.1 Å². The van der Waals surface area contributed by atoms with Gasteiger partial charge in [0.05, 0.1) is 46.2 Å². The monoisotopic (exact) mass is 666 g/mol. The number of sulfonamides is 1. The largest absolute Gasteiger partial charge is 0.569 e. The highest BCUT2D eigenvalue weighted by Crippen LogP contribution is 2.33. The van der Waals surface area contributed by atoms with Crippen molar-refractivity contribution in [2.45, 2.75) is 57.9 Å². The Kier molecular flexibility index (Phi) is 10.2. The van der Waals surface area contributed by atoms with Crippen LogP contribution in [-0.4, -0.2) is 59.4 Å². The van der Waals surface area contributed by atoms with Gasteiger partial charge in [-0.05, 0) is 50.1 Å². The maximum Gasteiger partial charge on any atom is 0.435 e. The number of hydrogen-bond acceptors (Lipinski definition) is 9. The number of hydrazine groups is 1. The minimum atomic E-state index is -4.71. The van der Waals surface area contributed by atoms with Crippen LogP contribution in [-0.2, 0) is 35.4 Å². The van der Waals surface area contributed by atoms with E-state index in [0.717, 1.165) is 33.5 Å². The predicted octanol–water partition coefficient (Wildman–Crippen LogP) is 4.74. The van der Waals surface area contributed by atoms with Crippen LogP contribution in [0.1, 0.15) is 44.9 Å². The number of aromatic nitrogens is 2. The molecule has 1 fully saturated rings. The van der Waals surface area contributed by atoms with Gasteiger partial charge in [-0.3, -0.25) is 14.4 Å². The Labute approximate surface area is 263 Å². The number of piperidine rings is 1. The molecule has 248 valence electrons. The van der Waals surface area contributed by atoms with E-state index < -0.39 is 51.9 Å². The zero-order chi connectivity index (χ0) is 33.8. The summed E-state index contributed by atoms with van der Waals surface area (Å²) in [5.74, 6) is -2.71. The van der Waals surface area contributed by atoms with Gasteiger partial charge in [0, 0.05) is 12.5 Å². The summed E-state index contributed by atoms with van der Waals surface area (Å²) in [6.07, 6.45) is -5.19. The summed E-state index contributed by atoms with van der Waals surface area (Å²) < 4.78 is 74.7. The molecule has 1 aliphatic rings. The summed E-state index contributed by atoms with van der Waals surface area (Å²) >= 11 is 0. The first kappa shape index (κ1) is 34.2. The number of halogens is 3. The lowest BCUT2D eigenvalue weighted by molar-refractivity contribution is -0.715. The Hall–Kier alpha value is -4.67. The molecule has 4 rings (SSSR count). The first-order valence-corrected chi connectivity index (χ1v) is 15.7. The van der Waals surface area contributed by atoms with Crippen molar-refractivity contribution in [3.05, 3.63) is 71.1 Å². The lowest BCUT2D eigenvalue weighted by atomic mass is 9.99. The van der Waals surface area contributed by atoms with Gasteiger partial charge in [0.25, 0.3) is 16.3 Å². The molecule has 17 heteroatoms. The summed E-state index contributed by atoms with van der Waals surface area (Å²) in [5.41, 5.74) is 0.573. The molecule has 0 radical (unpaired) electrons. The van der Waals surface area contributed by atoms with Crippen LogP contribution in [0.15, 0.2) is 64.8 Å². The van der Waals surface area contributed by atoms with Crippen molar-refractivity contribution in [3.8, 4) is 16.9 Å². The van der Waals surface area contributed by atoms with Crippen molar-refractivity contribution in [3.63, 3.8) is 0 Å². The highest BCUT2D eigenvalue weighted by molar-refractivity contribution is 7.90. The van der Waals surface area contributed by atoms with Crippen LogP contribution >= 0.6 is 0 Å². The number of ether oxygens (including phenoxy) is 1. The molecule has 1 N–H and O–H groups in total. The molecule has 2 unspecified atom stereocenters. The summed E-state index contributed by atoms with van der Waals surface area (Å²) in [5, 5.41) is 20.6. The van der Waals surface area contributed by atoms with Gasteiger partial charge in [0.15, 0.2) is 5.69 Å². The lowest BCUT2D eigenvalue weighted by Gasteiger charge is -2.28. The van der Waals surface area contributed by atoms with E-state index in [1.807, 2.05) is 11.6 Å². The number of carbonyl (C=O) groups excluding carboxylic acids is 2. The van der Waals surface area contributed by atoms with Crippen LogP contribution in [0.2, 0.25) is 0 Å². The van der Waals surface area contributed by atoms with Gasteiger partial charge in [-0.25, -0.2) is 17.8 Å². The first-order valence-electron chi connectivity index (χ1n) is 14.3. The highest BCUT2D eigenvalue weighted by Gasteiger charge is 2.36. The smallest absolute Gasteiger partial charge is 0.435 e. The summed E-state index contributed by atoms with van der Waals surface area (Å²) in [6, 6.07) is 12.6. The van der Waals surface area contributed by atoms with E-state index in [-0.39, 0.29) is 40.8 Å². The molecular weight excluding hydrogens is 633 g/mol.